The van der Waals surface area contributed by atoms with Crippen LogP contribution in [0.5, 0.6) is 0 Å². The number of aromatic nitrogens is 1. The van der Waals surface area contributed by atoms with Gasteiger partial charge >= 0.3 is 0 Å². The summed E-state index contributed by atoms with van der Waals surface area (Å²) in [5.41, 5.74) is 2.37. The molecule has 164 valence electrons. The second kappa shape index (κ2) is 11.1. The van der Waals surface area contributed by atoms with Gasteiger partial charge in [-0.05, 0) is 32.9 Å². The third-order valence-corrected chi connectivity index (χ3v) is 5.82. The number of benzene rings is 1. The third-order valence-electron chi connectivity index (χ3n) is 5.82. The molecule has 1 aliphatic heterocycles. The number of nitrogens with zero attached hydrogens (tertiary/aromatic N) is 5. The normalized spacial score (nSPS) is 16.8. The molecule has 1 aromatic carbocycles. The summed E-state index contributed by atoms with van der Waals surface area (Å²) in [7, 11) is 4.07. The van der Waals surface area contributed by atoms with Gasteiger partial charge in [0.2, 0.25) is 0 Å². The number of aliphatic imine (C=N–C) groups is 1. The van der Waals surface area contributed by atoms with E-state index in [0.29, 0.717) is 6.04 Å². The highest BCUT2D eigenvalue weighted by atomic mass is 16.5. The number of hydrogen-bond acceptors (Lipinski definition) is 5. The number of aryl methyl sites for hydroxylation is 1. The highest BCUT2D eigenvalue weighted by Gasteiger charge is 2.20. The maximum atomic E-state index is 5.18. The van der Waals surface area contributed by atoms with Crippen molar-refractivity contribution in [1.82, 2.24) is 25.2 Å². The monoisotopic (exact) mass is 412 g/mol. The van der Waals surface area contributed by atoms with Crippen LogP contribution in [0.25, 0.3) is 0 Å². The Balaban J connectivity index is 1.37. The van der Waals surface area contributed by atoms with Gasteiger partial charge in [-0.25, -0.2) is 0 Å². The lowest BCUT2D eigenvalue weighted by Gasteiger charge is -2.36. The van der Waals surface area contributed by atoms with E-state index in [1.165, 1.54) is 5.56 Å². The molecular weight excluding hydrogens is 376 g/mol. The second-order valence-corrected chi connectivity index (χ2v) is 8.20. The highest BCUT2D eigenvalue weighted by molar-refractivity contribution is 5.79. The van der Waals surface area contributed by atoms with Crippen LogP contribution in [-0.2, 0) is 13.1 Å². The lowest BCUT2D eigenvalue weighted by Crippen LogP contribution is -2.52. The van der Waals surface area contributed by atoms with Gasteiger partial charge in [-0.2, -0.15) is 0 Å². The van der Waals surface area contributed by atoms with Gasteiger partial charge in [-0.3, -0.25) is 14.8 Å². The van der Waals surface area contributed by atoms with E-state index in [2.05, 4.69) is 74.5 Å². The zero-order chi connectivity index (χ0) is 21.3. The van der Waals surface area contributed by atoms with Crippen molar-refractivity contribution >= 4 is 5.96 Å². The van der Waals surface area contributed by atoms with Crippen molar-refractivity contribution in [2.45, 2.75) is 39.4 Å². The minimum Gasteiger partial charge on any atom is -0.361 e. The summed E-state index contributed by atoms with van der Waals surface area (Å²) in [4.78, 5) is 11.7. The summed E-state index contributed by atoms with van der Waals surface area (Å²) in [5, 5.41) is 7.67. The molecule has 2 aromatic rings. The topological polar surface area (TPSA) is 60.1 Å². The van der Waals surface area contributed by atoms with Crippen molar-refractivity contribution in [2.24, 2.45) is 4.99 Å². The Hall–Kier alpha value is -2.38. The highest BCUT2D eigenvalue weighted by Crippen LogP contribution is 2.10. The molecule has 2 heterocycles. The quantitative estimate of drug-likeness (QED) is 0.531. The van der Waals surface area contributed by atoms with Crippen molar-refractivity contribution in [3.8, 4) is 0 Å². The lowest BCUT2D eigenvalue weighted by molar-refractivity contribution is 0.168. The van der Waals surface area contributed by atoms with Gasteiger partial charge in [0.1, 0.15) is 5.76 Å². The van der Waals surface area contributed by atoms with E-state index in [-0.39, 0.29) is 0 Å². The van der Waals surface area contributed by atoms with E-state index >= 15 is 0 Å². The molecule has 1 aliphatic rings. The maximum absolute atomic E-state index is 5.18. The standard InChI is InChI=1S/C23H36N6O/c1-19(27(4)17-21-8-6-5-7-9-21)10-11-25-23(24-3)29-14-12-28(13-15-29)18-22-16-20(2)30-26-22/h5-9,16,19H,10-15,17-18H2,1-4H3,(H,24,25). The molecule has 0 spiro atoms. The first-order chi connectivity index (χ1) is 14.5. The first-order valence-corrected chi connectivity index (χ1v) is 10.9. The van der Waals surface area contributed by atoms with Crippen LogP contribution >= 0.6 is 0 Å². The summed E-state index contributed by atoms with van der Waals surface area (Å²) in [6.45, 7) is 10.9. The summed E-state index contributed by atoms with van der Waals surface area (Å²) in [6.07, 6.45) is 1.08. The van der Waals surface area contributed by atoms with Gasteiger partial charge in [0.15, 0.2) is 5.96 Å². The fourth-order valence-electron chi connectivity index (χ4n) is 3.81. The van der Waals surface area contributed by atoms with E-state index in [4.69, 9.17) is 4.52 Å². The Morgan fingerprint density at radius 3 is 2.60 bits per heavy atom. The Bertz CT molecular complexity index is 782. The van der Waals surface area contributed by atoms with Crippen LogP contribution in [0.15, 0.2) is 45.9 Å². The molecule has 3 rings (SSSR count). The van der Waals surface area contributed by atoms with Gasteiger partial charge in [0, 0.05) is 65.0 Å². The molecule has 7 nitrogen and oxygen atoms in total. The number of guanidine groups is 1. The SMILES string of the molecule is CN=C(NCCC(C)N(C)Cc1ccccc1)N1CCN(Cc2cc(C)on2)CC1. The fourth-order valence-corrected chi connectivity index (χ4v) is 3.81. The van der Waals surface area contributed by atoms with Crippen molar-refractivity contribution in [3.63, 3.8) is 0 Å². The molecule has 30 heavy (non-hydrogen) atoms. The Morgan fingerprint density at radius 1 is 1.23 bits per heavy atom. The minimum atomic E-state index is 0.499. The average molecular weight is 413 g/mol. The first kappa shape index (κ1) is 22.3. The molecule has 0 amide bonds. The van der Waals surface area contributed by atoms with Crippen LogP contribution in [-0.4, -0.2) is 78.7 Å². The van der Waals surface area contributed by atoms with Gasteiger partial charge in [-0.15, -0.1) is 0 Å². The molecule has 0 bridgehead atoms. The molecule has 1 unspecified atom stereocenters. The van der Waals surface area contributed by atoms with Crippen molar-refractivity contribution in [2.75, 3.05) is 46.8 Å². The number of nitrogens with one attached hydrogen (secondary N) is 1. The molecule has 1 atom stereocenters. The van der Waals surface area contributed by atoms with Crippen LogP contribution in [0.4, 0.5) is 0 Å². The van der Waals surface area contributed by atoms with Crippen LogP contribution in [0.1, 0.15) is 30.4 Å². The van der Waals surface area contributed by atoms with Crippen LogP contribution in [0.3, 0.4) is 0 Å². The van der Waals surface area contributed by atoms with Gasteiger partial charge in [-0.1, -0.05) is 35.5 Å². The summed E-state index contributed by atoms with van der Waals surface area (Å²) < 4.78 is 5.18. The van der Waals surface area contributed by atoms with Gasteiger partial charge in [0.05, 0.1) is 5.69 Å². The molecule has 0 aliphatic carbocycles. The third kappa shape index (κ3) is 6.57. The van der Waals surface area contributed by atoms with E-state index in [9.17, 15) is 0 Å². The van der Waals surface area contributed by atoms with Gasteiger partial charge in [0.25, 0.3) is 0 Å². The summed E-state index contributed by atoms with van der Waals surface area (Å²) in [6, 6.07) is 13.2. The second-order valence-electron chi connectivity index (χ2n) is 8.20. The molecule has 0 radical (unpaired) electrons. The molecule has 1 aromatic heterocycles. The van der Waals surface area contributed by atoms with E-state index in [1.54, 1.807) is 0 Å². The molecule has 7 heteroatoms. The minimum absolute atomic E-state index is 0.499. The molecule has 0 saturated carbocycles. The summed E-state index contributed by atoms with van der Waals surface area (Å²) in [5.74, 6) is 1.88. The number of piperazine rings is 1. The fraction of sp³-hybridized carbons (Fsp3) is 0.565. The molecule has 1 saturated heterocycles. The lowest BCUT2D eigenvalue weighted by atomic mass is 10.1. The van der Waals surface area contributed by atoms with Crippen molar-refractivity contribution in [1.29, 1.82) is 0 Å². The zero-order valence-corrected chi connectivity index (χ0v) is 18.8. The average Bonchev–Trinajstić information content (AvgIpc) is 3.17. The maximum Gasteiger partial charge on any atom is 0.193 e. The van der Waals surface area contributed by atoms with E-state index in [1.807, 2.05) is 20.0 Å². The van der Waals surface area contributed by atoms with E-state index in [0.717, 1.165) is 69.6 Å². The molecule has 1 fully saturated rings. The number of rotatable bonds is 8. The van der Waals surface area contributed by atoms with Crippen molar-refractivity contribution < 1.29 is 4.52 Å². The predicted molar refractivity (Wildman–Crippen MR) is 121 cm³/mol. The van der Waals surface area contributed by atoms with Crippen LogP contribution in [0, 0.1) is 6.92 Å². The zero-order valence-electron chi connectivity index (χ0n) is 18.8. The molecular formula is C23H36N6O. The van der Waals surface area contributed by atoms with Gasteiger partial charge < -0.3 is 14.7 Å². The molecule has 1 N–H and O–H groups in total. The van der Waals surface area contributed by atoms with Crippen LogP contribution < -0.4 is 5.32 Å². The smallest absolute Gasteiger partial charge is 0.193 e. The number of hydrogen-bond donors (Lipinski definition) is 1. The predicted octanol–water partition coefficient (Wildman–Crippen LogP) is 2.59. The Kier molecular flexibility index (Phi) is 8.28. The van der Waals surface area contributed by atoms with Crippen LogP contribution in [0.2, 0.25) is 0 Å². The summed E-state index contributed by atoms with van der Waals surface area (Å²) >= 11 is 0. The van der Waals surface area contributed by atoms with E-state index < -0.39 is 0 Å². The largest absolute Gasteiger partial charge is 0.361 e. The van der Waals surface area contributed by atoms with Crippen molar-refractivity contribution in [3.05, 3.63) is 53.4 Å². The Labute approximate surface area is 180 Å². The first-order valence-electron chi connectivity index (χ1n) is 10.9. The Morgan fingerprint density at radius 2 is 1.97 bits per heavy atom.